The molecule has 1 saturated heterocycles. The Morgan fingerprint density at radius 2 is 0.624 bits per heavy atom. The molecule has 1 aliphatic heterocycles. The molecule has 1 fully saturated rings. The summed E-state index contributed by atoms with van der Waals surface area (Å²) in [5, 5.41) is 76.8. The van der Waals surface area contributed by atoms with Gasteiger partial charge in [0.15, 0.2) is 6.29 Å². The van der Waals surface area contributed by atoms with E-state index in [1.807, 2.05) is 0 Å². The Kier molecular flexibility index (Phi) is 68.3. The fourth-order valence-electron chi connectivity index (χ4n) is 14.0. The average molecular weight is 1320 g/mol. The van der Waals surface area contributed by atoms with E-state index in [9.17, 15) is 40.5 Å². The highest BCUT2D eigenvalue weighted by atomic mass is 16.7. The van der Waals surface area contributed by atoms with Crippen LogP contribution in [0.3, 0.4) is 0 Å². The van der Waals surface area contributed by atoms with Gasteiger partial charge in [0, 0.05) is 0 Å². The molecule has 1 rings (SSSR count). The van der Waals surface area contributed by atoms with Gasteiger partial charge in [-0.25, -0.2) is 0 Å². The third-order valence-electron chi connectivity index (χ3n) is 20.6. The summed E-state index contributed by atoms with van der Waals surface area (Å²) in [6.07, 6.45) is 79.1. The molecule has 1 heterocycles. The van der Waals surface area contributed by atoms with Crippen LogP contribution in [0.1, 0.15) is 438 Å². The number of amides is 1. The van der Waals surface area contributed by atoms with Gasteiger partial charge in [0.1, 0.15) is 36.6 Å². The van der Waals surface area contributed by atoms with Crippen LogP contribution in [-0.4, -0.2) is 110 Å². The number of aliphatic hydroxyl groups excluding tert-OH is 7. The molecule has 1 aliphatic rings. The Labute approximate surface area is 576 Å². The van der Waals surface area contributed by atoms with Gasteiger partial charge < -0.3 is 50.5 Å². The standard InChI is InChI=1S/C82H161NO10/c1-3-5-7-9-11-13-15-17-19-21-23-25-27-29-31-33-35-36-37-38-39-40-42-44-46-48-50-52-54-56-58-60-62-64-66-68-70-75(86)81(91)83-73(72-92-82-80(90)79(89)78(88)76(71-84)93-82)77(87)74(85)69-67-65-63-61-59-57-55-53-51-49-47-45-43-41-34-32-30-28-26-24-22-20-18-16-14-12-10-8-6-4-2/h36-37,73-80,82,84-90H,3-35,38-72H2,1-2H3,(H,83,91)/b37-36-. The maximum absolute atomic E-state index is 13.3. The molecule has 0 aromatic heterocycles. The Hall–Kier alpha value is -1.15. The van der Waals surface area contributed by atoms with Gasteiger partial charge in [0.25, 0.3) is 0 Å². The zero-order valence-corrected chi connectivity index (χ0v) is 61.8. The van der Waals surface area contributed by atoms with Crippen LogP contribution in [0, 0.1) is 0 Å². The lowest BCUT2D eigenvalue weighted by Gasteiger charge is -2.40. The van der Waals surface area contributed by atoms with Crippen molar-refractivity contribution in [3.05, 3.63) is 12.2 Å². The number of allylic oxidation sites excluding steroid dienone is 2. The topological polar surface area (TPSA) is 189 Å². The molecule has 93 heavy (non-hydrogen) atoms. The minimum absolute atomic E-state index is 0.265. The van der Waals surface area contributed by atoms with Gasteiger partial charge >= 0.3 is 0 Å². The SMILES string of the molecule is CCCCCCCCCCCCCCCCCC/C=C\CCCCCCCCCCCCCCCCCCC(O)C(=O)NC(COC1OC(CO)C(O)C(O)C1O)C(O)C(O)CCCCCCCCCCCCCCCCCCCCCCCCCCCCCCCC. The number of carbonyl (C=O) groups is 1. The van der Waals surface area contributed by atoms with Crippen LogP contribution in [0.25, 0.3) is 0 Å². The summed E-state index contributed by atoms with van der Waals surface area (Å²) in [7, 11) is 0. The highest BCUT2D eigenvalue weighted by molar-refractivity contribution is 5.80. The number of aliphatic hydroxyl groups is 7. The first-order chi connectivity index (χ1) is 45.7. The van der Waals surface area contributed by atoms with Crippen molar-refractivity contribution < 1.29 is 50.0 Å². The predicted octanol–water partition coefficient (Wildman–Crippen LogP) is 21.7. The molecular weight excluding hydrogens is 1160 g/mol. The molecule has 0 aromatic carbocycles. The fourth-order valence-corrected chi connectivity index (χ4v) is 14.0. The summed E-state index contributed by atoms with van der Waals surface area (Å²) in [6.45, 7) is 3.54. The van der Waals surface area contributed by atoms with E-state index in [-0.39, 0.29) is 6.42 Å². The molecule has 0 aliphatic carbocycles. The molecule has 11 heteroatoms. The van der Waals surface area contributed by atoms with Gasteiger partial charge in [0.05, 0.1) is 25.4 Å². The summed E-state index contributed by atoms with van der Waals surface area (Å²) in [5.41, 5.74) is 0. The normalized spacial score (nSPS) is 18.2. The average Bonchev–Trinajstić information content (AvgIpc) is 1.04. The number of unbranched alkanes of at least 4 members (excludes halogenated alkanes) is 61. The Morgan fingerprint density at radius 1 is 0.366 bits per heavy atom. The summed E-state index contributed by atoms with van der Waals surface area (Å²) in [4.78, 5) is 13.3. The largest absolute Gasteiger partial charge is 0.394 e. The molecule has 0 saturated carbocycles. The van der Waals surface area contributed by atoms with Gasteiger partial charge in [-0.3, -0.25) is 4.79 Å². The Balaban J connectivity index is 2.10. The van der Waals surface area contributed by atoms with Crippen LogP contribution in [0.4, 0.5) is 0 Å². The molecule has 1 amide bonds. The lowest BCUT2D eigenvalue weighted by Crippen LogP contribution is -2.60. The molecule has 0 bridgehead atoms. The quantitative estimate of drug-likeness (QED) is 0.0215. The van der Waals surface area contributed by atoms with Crippen molar-refractivity contribution in [2.45, 2.75) is 493 Å². The zero-order valence-electron chi connectivity index (χ0n) is 61.8. The third-order valence-corrected chi connectivity index (χ3v) is 20.6. The van der Waals surface area contributed by atoms with Crippen molar-refractivity contribution >= 4 is 5.91 Å². The van der Waals surface area contributed by atoms with Gasteiger partial charge in [-0.1, -0.05) is 411 Å². The molecule has 8 N–H and O–H groups in total. The first-order valence-corrected chi connectivity index (χ1v) is 41.6. The van der Waals surface area contributed by atoms with Crippen LogP contribution in [0.15, 0.2) is 12.2 Å². The maximum atomic E-state index is 13.3. The number of rotatable bonds is 75. The first-order valence-electron chi connectivity index (χ1n) is 41.6. The number of nitrogens with one attached hydrogen (secondary N) is 1. The number of hydrogen-bond donors (Lipinski definition) is 8. The molecule has 554 valence electrons. The van der Waals surface area contributed by atoms with E-state index < -0.39 is 74.2 Å². The fraction of sp³-hybridized carbons (Fsp3) is 0.963. The molecule has 0 spiro atoms. The zero-order chi connectivity index (χ0) is 67.4. The third kappa shape index (κ3) is 57.3. The summed E-state index contributed by atoms with van der Waals surface area (Å²) < 4.78 is 11.2. The molecule has 11 nitrogen and oxygen atoms in total. The van der Waals surface area contributed by atoms with Crippen LogP contribution in [0.5, 0.6) is 0 Å². The monoisotopic (exact) mass is 1320 g/mol. The second-order valence-corrected chi connectivity index (χ2v) is 29.6. The second-order valence-electron chi connectivity index (χ2n) is 29.6. The van der Waals surface area contributed by atoms with Crippen molar-refractivity contribution in [1.29, 1.82) is 0 Å². The van der Waals surface area contributed by atoms with Crippen molar-refractivity contribution in [2.75, 3.05) is 13.2 Å². The van der Waals surface area contributed by atoms with E-state index in [4.69, 9.17) is 9.47 Å². The lowest BCUT2D eigenvalue weighted by molar-refractivity contribution is -0.303. The summed E-state index contributed by atoms with van der Waals surface area (Å²) in [5.74, 6) is -0.687. The van der Waals surface area contributed by atoms with Gasteiger partial charge in [-0.05, 0) is 38.5 Å². The minimum Gasteiger partial charge on any atom is -0.394 e. The van der Waals surface area contributed by atoms with E-state index in [1.165, 1.54) is 360 Å². The van der Waals surface area contributed by atoms with Gasteiger partial charge in [-0.15, -0.1) is 0 Å². The van der Waals surface area contributed by atoms with E-state index in [0.29, 0.717) is 19.3 Å². The lowest BCUT2D eigenvalue weighted by atomic mass is 9.98. The van der Waals surface area contributed by atoms with E-state index >= 15 is 0 Å². The Bertz CT molecular complexity index is 1520. The molecule has 0 radical (unpaired) electrons. The van der Waals surface area contributed by atoms with Crippen molar-refractivity contribution in [3.63, 3.8) is 0 Å². The second kappa shape index (κ2) is 70.7. The first kappa shape index (κ1) is 89.9. The van der Waals surface area contributed by atoms with Crippen molar-refractivity contribution in [3.8, 4) is 0 Å². The maximum Gasteiger partial charge on any atom is 0.249 e. The molecule has 9 atom stereocenters. The van der Waals surface area contributed by atoms with Gasteiger partial charge in [0.2, 0.25) is 5.91 Å². The molecule has 9 unspecified atom stereocenters. The van der Waals surface area contributed by atoms with Crippen molar-refractivity contribution in [2.24, 2.45) is 0 Å². The van der Waals surface area contributed by atoms with Crippen molar-refractivity contribution in [1.82, 2.24) is 5.32 Å². The number of hydrogen-bond acceptors (Lipinski definition) is 10. The molecule has 0 aromatic rings. The summed E-state index contributed by atoms with van der Waals surface area (Å²) in [6, 6.07) is -1.17. The van der Waals surface area contributed by atoms with E-state index in [2.05, 4.69) is 31.3 Å². The van der Waals surface area contributed by atoms with Crippen LogP contribution >= 0.6 is 0 Å². The van der Waals surface area contributed by atoms with Crippen LogP contribution in [-0.2, 0) is 14.3 Å². The Morgan fingerprint density at radius 3 is 0.903 bits per heavy atom. The minimum atomic E-state index is -1.66. The van der Waals surface area contributed by atoms with Gasteiger partial charge in [-0.2, -0.15) is 0 Å². The highest BCUT2D eigenvalue weighted by Crippen LogP contribution is 2.25. The number of ether oxygens (including phenoxy) is 2. The van der Waals surface area contributed by atoms with E-state index in [0.717, 1.165) is 38.5 Å². The predicted molar refractivity (Wildman–Crippen MR) is 395 cm³/mol. The van der Waals surface area contributed by atoms with Crippen LogP contribution in [0.2, 0.25) is 0 Å². The van der Waals surface area contributed by atoms with E-state index in [1.54, 1.807) is 0 Å². The highest BCUT2D eigenvalue weighted by Gasteiger charge is 2.44. The smallest absolute Gasteiger partial charge is 0.249 e. The summed E-state index contributed by atoms with van der Waals surface area (Å²) >= 11 is 0. The number of carbonyl (C=O) groups excluding carboxylic acids is 1. The molecular formula is C82H161NO10. The van der Waals surface area contributed by atoms with Crippen LogP contribution < -0.4 is 5.32 Å².